The molecule has 1 aromatic rings. The minimum Gasteiger partial charge on any atom is -0.303 e. The maximum absolute atomic E-state index is 4.06. The Morgan fingerprint density at radius 3 is 2.94 bits per heavy atom. The highest BCUT2D eigenvalue weighted by molar-refractivity contribution is 5.09. The van der Waals surface area contributed by atoms with Crippen LogP contribution in [-0.4, -0.2) is 29.5 Å². The molecule has 0 N–H and O–H groups in total. The van der Waals surface area contributed by atoms with Gasteiger partial charge in [0.2, 0.25) is 0 Å². The summed E-state index contributed by atoms with van der Waals surface area (Å²) in [6.07, 6.45) is 11.9. The lowest BCUT2D eigenvalue weighted by molar-refractivity contribution is 0.166. The third kappa shape index (κ3) is 4.41. The van der Waals surface area contributed by atoms with Gasteiger partial charge in [-0.1, -0.05) is 13.3 Å². The normalized spacial score (nSPS) is 21.1. The van der Waals surface area contributed by atoms with E-state index in [1.54, 1.807) is 0 Å². The van der Waals surface area contributed by atoms with Crippen molar-refractivity contribution in [2.45, 2.75) is 45.4 Å². The Morgan fingerprint density at radius 2 is 2.17 bits per heavy atom. The van der Waals surface area contributed by atoms with Crippen LogP contribution in [-0.2, 0) is 6.42 Å². The zero-order valence-electron chi connectivity index (χ0n) is 11.6. The molecule has 2 heterocycles. The summed E-state index contributed by atoms with van der Waals surface area (Å²) in [5, 5.41) is 0. The van der Waals surface area contributed by atoms with Crippen molar-refractivity contribution < 1.29 is 0 Å². The second-order valence-corrected chi connectivity index (χ2v) is 5.56. The molecule has 1 aliphatic heterocycles. The molecule has 2 nitrogen and oxygen atoms in total. The number of rotatable bonds is 6. The van der Waals surface area contributed by atoms with Crippen LogP contribution in [0.1, 0.15) is 44.6 Å². The smallest absolute Gasteiger partial charge is 0.0270 e. The van der Waals surface area contributed by atoms with Crippen LogP contribution in [0.4, 0.5) is 0 Å². The summed E-state index contributed by atoms with van der Waals surface area (Å²) >= 11 is 0. The monoisotopic (exact) mass is 246 g/mol. The fourth-order valence-corrected chi connectivity index (χ4v) is 3.05. The number of piperidine rings is 1. The van der Waals surface area contributed by atoms with Crippen LogP contribution >= 0.6 is 0 Å². The molecule has 2 rings (SSSR count). The molecule has 0 amide bonds. The minimum atomic E-state index is 0.963. The Kier molecular flexibility index (Phi) is 5.66. The number of nitrogens with zero attached hydrogens (tertiary/aromatic N) is 2. The quantitative estimate of drug-likeness (QED) is 0.763. The maximum Gasteiger partial charge on any atom is 0.0270 e. The Labute approximate surface area is 111 Å². The maximum atomic E-state index is 4.06. The second kappa shape index (κ2) is 7.52. The predicted molar refractivity (Wildman–Crippen MR) is 76.6 cm³/mol. The zero-order chi connectivity index (χ0) is 12.6. The molecular formula is C16H26N2. The van der Waals surface area contributed by atoms with E-state index in [1.807, 2.05) is 12.4 Å². The SMILES string of the molecule is CCCC1CCCN(CCCc2ccncc2)C1. The highest BCUT2D eigenvalue weighted by Crippen LogP contribution is 2.21. The van der Waals surface area contributed by atoms with Crippen LogP contribution in [0.3, 0.4) is 0 Å². The summed E-state index contributed by atoms with van der Waals surface area (Å²) < 4.78 is 0. The molecule has 1 aliphatic rings. The van der Waals surface area contributed by atoms with Crippen LogP contribution in [0.15, 0.2) is 24.5 Å². The summed E-state index contributed by atoms with van der Waals surface area (Å²) in [7, 11) is 0. The fraction of sp³-hybridized carbons (Fsp3) is 0.688. The molecule has 2 heteroatoms. The number of hydrogen-bond donors (Lipinski definition) is 0. The van der Waals surface area contributed by atoms with Gasteiger partial charge in [0.15, 0.2) is 0 Å². The van der Waals surface area contributed by atoms with E-state index in [9.17, 15) is 0 Å². The van der Waals surface area contributed by atoms with Crippen LogP contribution in [0.25, 0.3) is 0 Å². The average Bonchev–Trinajstić information content (AvgIpc) is 2.41. The van der Waals surface area contributed by atoms with Gasteiger partial charge in [0.25, 0.3) is 0 Å². The highest BCUT2D eigenvalue weighted by atomic mass is 15.1. The van der Waals surface area contributed by atoms with Gasteiger partial charge in [-0.15, -0.1) is 0 Å². The minimum absolute atomic E-state index is 0.963. The average molecular weight is 246 g/mol. The van der Waals surface area contributed by atoms with Gasteiger partial charge in [-0.25, -0.2) is 0 Å². The van der Waals surface area contributed by atoms with Crippen LogP contribution < -0.4 is 0 Å². The Balaban J connectivity index is 1.67. The number of aromatic nitrogens is 1. The lowest BCUT2D eigenvalue weighted by atomic mass is 9.93. The topological polar surface area (TPSA) is 16.1 Å². The van der Waals surface area contributed by atoms with Gasteiger partial charge in [-0.3, -0.25) is 4.98 Å². The molecule has 1 aromatic heterocycles. The van der Waals surface area contributed by atoms with Gasteiger partial charge < -0.3 is 4.90 Å². The summed E-state index contributed by atoms with van der Waals surface area (Å²) in [5.74, 6) is 0.963. The molecule has 1 saturated heterocycles. The molecular weight excluding hydrogens is 220 g/mol. The third-order valence-electron chi connectivity index (χ3n) is 3.99. The third-order valence-corrected chi connectivity index (χ3v) is 3.99. The molecule has 0 radical (unpaired) electrons. The molecule has 0 saturated carbocycles. The summed E-state index contributed by atoms with van der Waals surface area (Å²) in [6.45, 7) is 6.23. The molecule has 1 fully saturated rings. The Hall–Kier alpha value is -0.890. The van der Waals surface area contributed by atoms with Crippen molar-refractivity contribution in [1.82, 2.24) is 9.88 Å². The van der Waals surface area contributed by atoms with Crippen molar-refractivity contribution in [3.63, 3.8) is 0 Å². The van der Waals surface area contributed by atoms with Gasteiger partial charge in [0, 0.05) is 18.9 Å². The first kappa shape index (κ1) is 13.5. The summed E-state index contributed by atoms with van der Waals surface area (Å²) in [5.41, 5.74) is 1.42. The number of pyridine rings is 1. The molecule has 0 aromatic carbocycles. The highest BCUT2D eigenvalue weighted by Gasteiger charge is 2.18. The van der Waals surface area contributed by atoms with Gasteiger partial charge in [0.1, 0.15) is 0 Å². The van der Waals surface area contributed by atoms with E-state index >= 15 is 0 Å². The molecule has 0 aliphatic carbocycles. The fourth-order valence-electron chi connectivity index (χ4n) is 3.05. The van der Waals surface area contributed by atoms with Gasteiger partial charge in [-0.2, -0.15) is 0 Å². The van der Waals surface area contributed by atoms with E-state index in [-0.39, 0.29) is 0 Å². The van der Waals surface area contributed by atoms with Gasteiger partial charge in [-0.05, 0) is 68.8 Å². The standard InChI is InChI=1S/C16H26N2/c1-2-5-16-7-4-13-18(14-16)12-3-6-15-8-10-17-11-9-15/h8-11,16H,2-7,12-14H2,1H3. The molecule has 0 spiro atoms. The van der Waals surface area contributed by atoms with E-state index < -0.39 is 0 Å². The first-order chi connectivity index (χ1) is 8.88. The predicted octanol–water partition coefficient (Wildman–Crippen LogP) is 3.53. The van der Waals surface area contributed by atoms with Crippen LogP contribution in [0, 0.1) is 5.92 Å². The lowest BCUT2D eigenvalue weighted by Gasteiger charge is -2.32. The summed E-state index contributed by atoms with van der Waals surface area (Å²) in [6, 6.07) is 4.27. The lowest BCUT2D eigenvalue weighted by Crippen LogP contribution is -2.36. The van der Waals surface area contributed by atoms with Crippen molar-refractivity contribution >= 4 is 0 Å². The van der Waals surface area contributed by atoms with E-state index in [4.69, 9.17) is 0 Å². The first-order valence-electron chi connectivity index (χ1n) is 7.49. The first-order valence-corrected chi connectivity index (χ1v) is 7.49. The van der Waals surface area contributed by atoms with Gasteiger partial charge >= 0.3 is 0 Å². The molecule has 100 valence electrons. The van der Waals surface area contributed by atoms with Crippen molar-refractivity contribution in [2.24, 2.45) is 5.92 Å². The van der Waals surface area contributed by atoms with E-state index in [0.717, 1.165) is 5.92 Å². The molecule has 1 atom stereocenters. The zero-order valence-corrected chi connectivity index (χ0v) is 11.6. The van der Waals surface area contributed by atoms with Crippen molar-refractivity contribution in [3.8, 4) is 0 Å². The molecule has 0 bridgehead atoms. The van der Waals surface area contributed by atoms with Gasteiger partial charge in [0.05, 0.1) is 0 Å². The van der Waals surface area contributed by atoms with E-state index in [0.29, 0.717) is 0 Å². The van der Waals surface area contributed by atoms with E-state index in [2.05, 4.69) is 28.9 Å². The van der Waals surface area contributed by atoms with Crippen LogP contribution in [0.2, 0.25) is 0 Å². The number of hydrogen-bond acceptors (Lipinski definition) is 2. The van der Waals surface area contributed by atoms with Crippen molar-refractivity contribution in [3.05, 3.63) is 30.1 Å². The number of likely N-dealkylation sites (tertiary alicyclic amines) is 1. The van der Waals surface area contributed by atoms with Crippen LogP contribution in [0.5, 0.6) is 0 Å². The Morgan fingerprint density at radius 1 is 1.33 bits per heavy atom. The van der Waals surface area contributed by atoms with E-state index in [1.165, 1.54) is 63.7 Å². The van der Waals surface area contributed by atoms with Crippen molar-refractivity contribution in [1.29, 1.82) is 0 Å². The molecule has 18 heavy (non-hydrogen) atoms. The molecule has 1 unspecified atom stereocenters. The summed E-state index contributed by atoms with van der Waals surface area (Å²) in [4.78, 5) is 6.73. The largest absolute Gasteiger partial charge is 0.303 e. The number of aryl methyl sites for hydroxylation is 1. The van der Waals surface area contributed by atoms with Crippen molar-refractivity contribution in [2.75, 3.05) is 19.6 Å². The Bertz CT molecular complexity index is 321. The second-order valence-electron chi connectivity index (χ2n) is 5.56.